The lowest BCUT2D eigenvalue weighted by Crippen LogP contribution is -2.33. The van der Waals surface area contributed by atoms with Gasteiger partial charge in [0.15, 0.2) is 12.3 Å². The summed E-state index contributed by atoms with van der Waals surface area (Å²) in [6, 6.07) is 7.40. The van der Waals surface area contributed by atoms with E-state index < -0.39 is 90.4 Å². The van der Waals surface area contributed by atoms with Gasteiger partial charge in [0.2, 0.25) is 5.69 Å². The number of carbonyl (C=O) groups is 3. The average molecular weight is 973 g/mol. The zero-order valence-corrected chi connectivity index (χ0v) is 38.2. The molecule has 2 unspecified atom stereocenters. The standard InChI is InChI=1S/C39H49N3O18S4/c1-38(16-5-23-61(46,47)48)29-25-27(63(52,53)54)9-11-31(29)40(18-21-58-3)33(38)7-4-8-34-39(2,17-6-24-62(49,50)51)30-26-28(64(55,56)57)10-12-32(30)41(34)19-22-59-20-15-37(45)60-42-35(43)13-14-36(42)44/h4,7-12,25-26H,5-6,13-24H2,1-3H3,(H3-,46,47,48,49,50,51,52,53,54,55,56,57)/p-3. The fourth-order valence-electron chi connectivity index (χ4n) is 8.22. The predicted molar refractivity (Wildman–Crippen MR) is 220 cm³/mol. The number of rotatable bonds is 22. The number of methoxy groups -OCH3 is 1. The molecule has 2 aromatic carbocycles. The van der Waals surface area contributed by atoms with Crippen LogP contribution in [0.1, 0.15) is 69.9 Å². The van der Waals surface area contributed by atoms with Crippen molar-refractivity contribution >= 4 is 75.3 Å². The molecule has 21 nitrogen and oxygen atoms in total. The van der Waals surface area contributed by atoms with E-state index in [0.29, 0.717) is 33.4 Å². The largest absolute Gasteiger partial charge is 0.748 e. The topological polar surface area (TPSA) is 317 Å². The van der Waals surface area contributed by atoms with Crippen LogP contribution in [0.3, 0.4) is 0 Å². The quantitative estimate of drug-likeness (QED) is 0.0696. The van der Waals surface area contributed by atoms with Gasteiger partial charge in [-0.2, -0.15) is 4.58 Å². The van der Waals surface area contributed by atoms with E-state index >= 15 is 0 Å². The normalized spacial score (nSPS) is 21.1. The number of nitrogens with zero attached hydrogens (tertiary/aromatic N) is 3. The number of fused-ring (bicyclic) bond motifs is 2. The van der Waals surface area contributed by atoms with Gasteiger partial charge in [-0.25, -0.2) is 38.5 Å². The number of benzene rings is 2. The summed E-state index contributed by atoms with van der Waals surface area (Å²) in [6.07, 6.45) is 3.85. The second-order valence-corrected chi connectivity index (χ2v) is 21.5. The molecular weight excluding hydrogens is 927 g/mol. The molecule has 64 heavy (non-hydrogen) atoms. The molecule has 1 saturated heterocycles. The van der Waals surface area contributed by atoms with Crippen molar-refractivity contribution < 1.29 is 85.2 Å². The van der Waals surface area contributed by atoms with Crippen LogP contribution >= 0.6 is 0 Å². The van der Waals surface area contributed by atoms with Crippen LogP contribution in [0.4, 0.5) is 11.4 Å². The van der Waals surface area contributed by atoms with Gasteiger partial charge in [0.05, 0.1) is 55.1 Å². The maximum atomic E-state index is 12.4. The Hall–Kier alpha value is -4.44. The first-order valence-corrected chi connectivity index (χ1v) is 25.7. The summed E-state index contributed by atoms with van der Waals surface area (Å²) < 4.78 is 156. The van der Waals surface area contributed by atoms with E-state index in [1.165, 1.54) is 25.3 Å². The maximum absolute atomic E-state index is 12.4. The third-order valence-electron chi connectivity index (χ3n) is 11.3. The van der Waals surface area contributed by atoms with E-state index in [2.05, 4.69) is 0 Å². The Morgan fingerprint density at radius 1 is 0.781 bits per heavy atom. The van der Waals surface area contributed by atoms with Crippen molar-refractivity contribution in [2.45, 2.75) is 79.4 Å². The smallest absolute Gasteiger partial charge is 0.335 e. The van der Waals surface area contributed by atoms with Gasteiger partial charge in [-0.3, -0.25) is 9.59 Å². The number of ether oxygens (including phenoxy) is 2. The molecule has 0 radical (unpaired) electrons. The summed E-state index contributed by atoms with van der Waals surface area (Å²) in [4.78, 5) is 41.6. The molecule has 0 saturated carbocycles. The Morgan fingerprint density at radius 3 is 1.91 bits per heavy atom. The van der Waals surface area contributed by atoms with Crippen molar-refractivity contribution in [1.82, 2.24) is 5.06 Å². The van der Waals surface area contributed by atoms with Gasteiger partial charge in [0.25, 0.3) is 11.8 Å². The molecule has 0 aromatic heterocycles. The van der Waals surface area contributed by atoms with Crippen molar-refractivity contribution in [2.75, 3.05) is 56.4 Å². The van der Waals surface area contributed by atoms with Gasteiger partial charge in [-0.05, 0) is 81.5 Å². The lowest BCUT2D eigenvalue weighted by Gasteiger charge is -2.30. The molecule has 2 aromatic rings. The minimum Gasteiger partial charge on any atom is -0.748 e. The minimum atomic E-state index is -5.01. The van der Waals surface area contributed by atoms with E-state index in [4.69, 9.17) is 14.3 Å². The van der Waals surface area contributed by atoms with Crippen LogP contribution in [0.2, 0.25) is 0 Å². The number of imide groups is 1. The molecule has 2 atom stereocenters. The Balaban J connectivity index is 1.59. The average Bonchev–Trinajstić information content (AvgIpc) is 3.71. The van der Waals surface area contributed by atoms with E-state index in [-0.39, 0.29) is 83.4 Å². The lowest BCUT2D eigenvalue weighted by molar-refractivity contribution is -0.442. The van der Waals surface area contributed by atoms with Gasteiger partial charge >= 0.3 is 5.97 Å². The highest BCUT2D eigenvalue weighted by molar-refractivity contribution is 7.86. The first-order chi connectivity index (χ1) is 29.7. The minimum absolute atomic E-state index is 0.000456. The highest BCUT2D eigenvalue weighted by Gasteiger charge is 2.48. The fraction of sp³-hybridized carbons (Fsp3) is 0.487. The molecule has 1 fully saturated rings. The summed E-state index contributed by atoms with van der Waals surface area (Å²) in [5, 5.41) is 0.399. The highest BCUT2D eigenvalue weighted by atomic mass is 32.2. The summed E-state index contributed by atoms with van der Waals surface area (Å²) in [5.74, 6) is -3.76. The highest BCUT2D eigenvalue weighted by Crippen LogP contribution is 2.51. The number of hydrogen-bond acceptors (Lipinski definition) is 19. The number of amides is 2. The molecule has 3 aliphatic heterocycles. The van der Waals surface area contributed by atoms with Crippen LogP contribution in [-0.2, 0) is 80.0 Å². The molecule has 0 bridgehead atoms. The van der Waals surface area contributed by atoms with Crippen molar-refractivity contribution in [1.29, 1.82) is 0 Å². The zero-order chi connectivity index (χ0) is 47.5. The van der Waals surface area contributed by atoms with E-state index in [1.54, 1.807) is 41.6 Å². The summed E-state index contributed by atoms with van der Waals surface area (Å²) >= 11 is 0. The first-order valence-electron chi connectivity index (χ1n) is 19.7. The van der Waals surface area contributed by atoms with Gasteiger partial charge in [0.1, 0.15) is 26.8 Å². The fourth-order valence-corrected chi connectivity index (χ4v) is 10.2. The van der Waals surface area contributed by atoms with Crippen molar-refractivity contribution in [3.05, 3.63) is 71.5 Å². The molecule has 2 amide bonds. The molecule has 0 spiro atoms. The third-order valence-corrected chi connectivity index (χ3v) is 14.5. The van der Waals surface area contributed by atoms with Crippen LogP contribution in [-0.4, -0.2) is 137 Å². The molecule has 0 N–H and O–H groups in total. The summed E-state index contributed by atoms with van der Waals surface area (Å²) in [7, 11) is -17.9. The molecular formula is C39H46N3O18S4-3. The number of allylic oxidation sites excluding steroid dienone is 4. The summed E-state index contributed by atoms with van der Waals surface area (Å²) in [5.41, 5.74) is -0.153. The predicted octanol–water partition coefficient (Wildman–Crippen LogP) is 1.38. The second kappa shape index (κ2) is 19.6. The lowest BCUT2D eigenvalue weighted by atomic mass is 9.75. The van der Waals surface area contributed by atoms with Crippen molar-refractivity contribution in [3.63, 3.8) is 0 Å². The maximum Gasteiger partial charge on any atom is 0.335 e. The molecule has 25 heteroatoms. The van der Waals surface area contributed by atoms with Gasteiger partial charge < -0.3 is 37.4 Å². The number of hydroxylamine groups is 2. The van der Waals surface area contributed by atoms with E-state index in [9.17, 15) is 66.3 Å². The Kier molecular flexibility index (Phi) is 15.5. The van der Waals surface area contributed by atoms with Crippen LogP contribution in [0.25, 0.3) is 0 Å². The number of hydrogen-bond donors (Lipinski definition) is 0. The van der Waals surface area contributed by atoms with Gasteiger partial charge in [-0.15, -0.1) is 5.06 Å². The first kappa shape index (κ1) is 50.6. The molecule has 3 heterocycles. The third kappa shape index (κ3) is 11.9. The zero-order valence-electron chi connectivity index (χ0n) is 34.9. The van der Waals surface area contributed by atoms with Crippen LogP contribution < -0.4 is 4.90 Å². The van der Waals surface area contributed by atoms with Gasteiger partial charge in [-0.1, -0.05) is 6.08 Å². The molecule has 0 aliphatic carbocycles. The Morgan fingerprint density at radius 2 is 1.34 bits per heavy atom. The second-order valence-electron chi connectivity index (χ2n) is 15.7. The SMILES string of the molecule is COCCN1/C(=C/C=C/C2=[N+](CCOCCC(=O)ON3C(=O)CCC3=O)c3ccc(S(=O)(=O)[O-])cc3C2(C)CCCS(=O)(=O)[O-])C(C)(CCCS(=O)(=O)[O-])c2cc(S(=O)(=O)[O-])ccc21. The monoisotopic (exact) mass is 972 g/mol. The van der Waals surface area contributed by atoms with Gasteiger partial charge in [0, 0.05) is 72.5 Å². The summed E-state index contributed by atoms with van der Waals surface area (Å²) in [6.45, 7) is 3.34. The Labute approximate surface area is 371 Å². The van der Waals surface area contributed by atoms with Crippen LogP contribution in [0, 0.1) is 0 Å². The molecule has 352 valence electrons. The van der Waals surface area contributed by atoms with Crippen molar-refractivity contribution in [2.24, 2.45) is 0 Å². The number of anilines is 1. The van der Waals surface area contributed by atoms with Crippen molar-refractivity contribution in [3.8, 4) is 0 Å². The molecule has 5 rings (SSSR count). The number of carbonyl (C=O) groups excluding carboxylic acids is 3. The van der Waals surface area contributed by atoms with E-state index in [1.807, 2.05) is 0 Å². The van der Waals surface area contributed by atoms with E-state index in [0.717, 1.165) is 18.2 Å². The Bertz CT molecular complexity index is 2720. The molecule has 3 aliphatic rings. The van der Waals surface area contributed by atoms with Crippen LogP contribution in [0.5, 0.6) is 0 Å². The van der Waals surface area contributed by atoms with Crippen LogP contribution in [0.15, 0.2) is 70.1 Å².